The predicted octanol–water partition coefficient (Wildman–Crippen LogP) is 2.09. The van der Waals surface area contributed by atoms with Crippen LogP contribution in [0.25, 0.3) is 0 Å². The Kier molecular flexibility index (Phi) is 4.38. The molecular formula is C18H22N4O2. The summed E-state index contributed by atoms with van der Waals surface area (Å²) in [7, 11) is 0. The van der Waals surface area contributed by atoms with Crippen molar-refractivity contribution in [1.82, 2.24) is 19.8 Å². The van der Waals surface area contributed by atoms with Gasteiger partial charge in [-0.15, -0.1) is 0 Å². The molecule has 1 fully saturated rings. The van der Waals surface area contributed by atoms with Crippen molar-refractivity contribution in [2.24, 2.45) is 0 Å². The molecule has 6 heteroatoms. The van der Waals surface area contributed by atoms with Crippen molar-refractivity contribution < 1.29 is 9.59 Å². The number of imidazole rings is 1. The summed E-state index contributed by atoms with van der Waals surface area (Å²) in [6.45, 7) is 6.89. The van der Waals surface area contributed by atoms with E-state index in [9.17, 15) is 9.59 Å². The van der Waals surface area contributed by atoms with Gasteiger partial charge in [-0.25, -0.2) is 4.98 Å². The standard InChI is InChI=1S/C18H22N4O2/c1-12(2)21-9-7-19-16(21)18(24)22-10-8-20-17(23)15(22)14-6-4-5-13(3)11-14/h4-7,9,11-12,15H,8,10H2,1-3H3,(H,20,23). The van der Waals surface area contributed by atoms with E-state index in [4.69, 9.17) is 0 Å². The Bertz CT molecular complexity index is 766. The highest BCUT2D eigenvalue weighted by molar-refractivity contribution is 5.96. The second-order valence-corrected chi connectivity index (χ2v) is 6.36. The first kappa shape index (κ1) is 16.2. The summed E-state index contributed by atoms with van der Waals surface area (Å²) in [4.78, 5) is 31.4. The second-order valence-electron chi connectivity index (χ2n) is 6.36. The zero-order valence-corrected chi connectivity index (χ0v) is 14.2. The summed E-state index contributed by atoms with van der Waals surface area (Å²) in [6.07, 6.45) is 3.42. The number of aromatic nitrogens is 2. The number of hydrogen-bond donors (Lipinski definition) is 1. The number of rotatable bonds is 3. The van der Waals surface area contributed by atoms with Crippen LogP contribution in [-0.2, 0) is 4.79 Å². The maximum atomic E-state index is 13.1. The van der Waals surface area contributed by atoms with Gasteiger partial charge >= 0.3 is 0 Å². The molecule has 0 aliphatic carbocycles. The third-order valence-electron chi connectivity index (χ3n) is 4.25. The van der Waals surface area contributed by atoms with E-state index in [0.29, 0.717) is 18.9 Å². The number of piperazine rings is 1. The maximum absolute atomic E-state index is 13.1. The van der Waals surface area contributed by atoms with Gasteiger partial charge in [0, 0.05) is 31.5 Å². The predicted molar refractivity (Wildman–Crippen MR) is 90.6 cm³/mol. The van der Waals surface area contributed by atoms with Gasteiger partial charge in [-0.1, -0.05) is 29.8 Å². The van der Waals surface area contributed by atoms with Crippen molar-refractivity contribution in [3.63, 3.8) is 0 Å². The molecule has 24 heavy (non-hydrogen) atoms. The van der Waals surface area contributed by atoms with Gasteiger partial charge in [0.1, 0.15) is 6.04 Å². The Morgan fingerprint density at radius 2 is 2.17 bits per heavy atom. The average molecular weight is 326 g/mol. The molecule has 6 nitrogen and oxygen atoms in total. The molecule has 3 rings (SSSR count). The normalized spacial score (nSPS) is 17.9. The molecule has 0 radical (unpaired) electrons. The van der Waals surface area contributed by atoms with Crippen LogP contribution in [-0.4, -0.2) is 39.4 Å². The summed E-state index contributed by atoms with van der Waals surface area (Å²) < 4.78 is 1.84. The van der Waals surface area contributed by atoms with Crippen LogP contribution >= 0.6 is 0 Å². The van der Waals surface area contributed by atoms with Crippen molar-refractivity contribution in [3.05, 3.63) is 53.6 Å². The van der Waals surface area contributed by atoms with Crippen LogP contribution in [0.15, 0.2) is 36.7 Å². The lowest BCUT2D eigenvalue weighted by Gasteiger charge is -2.35. The fourth-order valence-corrected chi connectivity index (χ4v) is 3.08. The third kappa shape index (κ3) is 2.91. The first-order chi connectivity index (χ1) is 11.5. The van der Waals surface area contributed by atoms with Crippen molar-refractivity contribution in [3.8, 4) is 0 Å². The van der Waals surface area contributed by atoms with Crippen molar-refractivity contribution in [1.29, 1.82) is 0 Å². The summed E-state index contributed by atoms with van der Waals surface area (Å²) in [5.41, 5.74) is 1.88. The molecule has 126 valence electrons. The largest absolute Gasteiger partial charge is 0.352 e. The molecule has 1 atom stereocenters. The van der Waals surface area contributed by atoms with E-state index >= 15 is 0 Å². The van der Waals surface area contributed by atoms with Gasteiger partial charge in [-0.3, -0.25) is 9.59 Å². The molecule has 1 aliphatic heterocycles. The number of nitrogens with one attached hydrogen (secondary N) is 1. The van der Waals surface area contributed by atoms with Gasteiger partial charge in [-0.2, -0.15) is 0 Å². The third-order valence-corrected chi connectivity index (χ3v) is 4.25. The van der Waals surface area contributed by atoms with Crippen molar-refractivity contribution >= 4 is 11.8 Å². The first-order valence-corrected chi connectivity index (χ1v) is 8.17. The molecule has 1 N–H and O–H groups in total. The molecule has 1 aromatic heterocycles. The summed E-state index contributed by atoms with van der Waals surface area (Å²) in [5.74, 6) is 0.00950. The molecular weight excluding hydrogens is 304 g/mol. The molecule has 1 aliphatic rings. The number of carbonyl (C=O) groups is 2. The Labute approximate surface area is 141 Å². The van der Waals surface area contributed by atoms with Crippen LogP contribution in [0, 0.1) is 6.92 Å². The number of nitrogens with zero attached hydrogens (tertiary/aromatic N) is 3. The molecule has 0 bridgehead atoms. The minimum atomic E-state index is -0.622. The monoisotopic (exact) mass is 326 g/mol. The van der Waals surface area contributed by atoms with Crippen LogP contribution in [0.1, 0.15) is 47.7 Å². The zero-order chi connectivity index (χ0) is 17.3. The summed E-state index contributed by atoms with van der Waals surface area (Å²) in [6, 6.07) is 7.22. The molecule has 0 spiro atoms. The summed E-state index contributed by atoms with van der Waals surface area (Å²) >= 11 is 0. The topological polar surface area (TPSA) is 67.2 Å². The first-order valence-electron chi connectivity index (χ1n) is 8.17. The van der Waals surface area contributed by atoms with Crippen LogP contribution in [0.4, 0.5) is 0 Å². The van der Waals surface area contributed by atoms with Crippen LogP contribution < -0.4 is 5.32 Å². The van der Waals surface area contributed by atoms with Gasteiger partial charge < -0.3 is 14.8 Å². The van der Waals surface area contributed by atoms with Crippen LogP contribution in [0.5, 0.6) is 0 Å². The highest BCUT2D eigenvalue weighted by Crippen LogP contribution is 2.26. The number of aryl methyl sites for hydroxylation is 1. The quantitative estimate of drug-likeness (QED) is 0.939. The van der Waals surface area contributed by atoms with E-state index in [-0.39, 0.29) is 17.9 Å². The summed E-state index contributed by atoms with van der Waals surface area (Å²) in [5, 5.41) is 2.86. The van der Waals surface area contributed by atoms with E-state index in [1.165, 1.54) is 0 Å². The van der Waals surface area contributed by atoms with E-state index in [1.54, 1.807) is 17.3 Å². The fraction of sp³-hybridized carbons (Fsp3) is 0.389. The highest BCUT2D eigenvalue weighted by Gasteiger charge is 2.36. The zero-order valence-electron chi connectivity index (χ0n) is 14.2. The minimum absolute atomic E-state index is 0.127. The number of hydrogen-bond acceptors (Lipinski definition) is 3. The second kappa shape index (κ2) is 6.47. The molecule has 0 saturated carbocycles. The van der Waals surface area contributed by atoms with Crippen molar-refractivity contribution in [2.75, 3.05) is 13.1 Å². The smallest absolute Gasteiger partial charge is 0.290 e. The molecule has 2 amide bonds. The number of benzene rings is 1. The van der Waals surface area contributed by atoms with Gasteiger partial charge in [0.2, 0.25) is 5.91 Å². The van der Waals surface area contributed by atoms with Gasteiger partial charge in [-0.05, 0) is 26.3 Å². The Morgan fingerprint density at radius 3 is 2.88 bits per heavy atom. The average Bonchev–Trinajstić information content (AvgIpc) is 3.03. The number of carbonyl (C=O) groups excluding carboxylic acids is 2. The molecule has 2 heterocycles. The molecule has 1 saturated heterocycles. The number of amides is 2. The molecule has 1 unspecified atom stereocenters. The van der Waals surface area contributed by atoms with E-state index in [0.717, 1.165) is 11.1 Å². The van der Waals surface area contributed by atoms with Gasteiger partial charge in [0.05, 0.1) is 0 Å². The maximum Gasteiger partial charge on any atom is 0.290 e. The van der Waals surface area contributed by atoms with Crippen molar-refractivity contribution in [2.45, 2.75) is 32.9 Å². The molecule has 2 aromatic rings. The van der Waals surface area contributed by atoms with E-state index < -0.39 is 6.04 Å². The van der Waals surface area contributed by atoms with Crippen LogP contribution in [0.2, 0.25) is 0 Å². The fourth-order valence-electron chi connectivity index (χ4n) is 3.08. The Morgan fingerprint density at radius 1 is 1.38 bits per heavy atom. The lowest BCUT2D eigenvalue weighted by molar-refractivity contribution is -0.128. The minimum Gasteiger partial charge on any atom is -0.352 e. The Hall–Kier alpha value is -2.63. The van der Waals surface area contributed by atoms with Gasteiger partial charge in [0.25, 0.3) is 5.91 Å². The lowest BCUT2D eigenvalue weighted by Crippen LogP contribution is -2.52. The SMILES string of the molecule is Cc1cccc(C2C(=O)NCCN2C(=O)c2nccn2C(C)C)c1. The van der Waals surface area contributed by atoms with Crippen LogP contribution in [0.3, 0.4) is 0 Å². The van der Waals surface area contributed by atoms with E-state index in [2.05, 4.69) is 10.3 Å². The Balaban J connectivity index is 1.99. The highest BCUT2D eigenvalue weighted by atomic mass is 16.2. The van der Waals surface area contributed by atoms with Gasteiger partial charge in [0.15, 0.2) is 5.82 Å². The van der Waals surface area contributed by atoms with E-state index in [1.807, 2.05) is 49.6 Å². The lowest BCUT2D eigenvalue weighted by atomic mass is 10.0. The molecule has 1 aromatic carbocycles.